The van der Waals surface area contributed by atoms with Crippen LogP contribution in [0.1, 0.15) is 19.8 Å². The van der Waals surface area contributed by atoms with Crippen molar-refractivity contribution >= 4 is 29.4 Å². The summed E-state index contributed by atoms with van der Waals surface area (Å²) in [5.41, 5.74) is 5.72. The molecule has 1 saturated heterocycles. The van der Waals surface area contributed by atoms with Gasteiger partial charge in [-0.2, -0.15) is 23.5 Å². The van der Waals surface area contributed by atoms with E-state index in [2.05, 4.69) is 5.32 Å². The van der Waals surface area contributed by atoms with Gasteiger partial charge in [-0.05, 0) is 6.42 Å². The number of carbonyl (C=O) groups is 1. The Balaban J connectivity index is 2.14. The van der Waals surface area contributed by atoms with E-state index in [0.29, 0.717) is 5.25 Å². The summed E-state index contributed by atoms with van der Waals surface area (Å²) in [6, 6.07) is -0.323. The van der Waals surface area contributed by atoms with E-state index in [0.717, 1.165) is 25.1 Å². The van der Waals surface area contributed by atoms with Gasteiger partial charge in [-0.25, -0.2) is 0 Å². The Morgan fingerprint density at radius 3 is 3.00 bits per heavy atom. The molecule has 2 unspecified atom stereocenters. The Morgan fingerprint density at radius 2 is 2.40 bits per heavy atom. The second kappa shape index (κ2) is 7.41. The van der Waals surface area contributed by atoms with Crippen molar-refractivity contribution in [3.05, 3.63) is 0 Å². The summed E-state index contributed by atoms with van der Waals surface area (Å²) in [6.45, 7) is 2.81. The van der Waals surface area contributed by atoms with Crippen LogP contribution in [0.3, 0.4) is 0 Å². The van der Waals surface area contributed by atoms with Gasteiger partial charge in [-0.15, -0.1) is 0 Å². The van der Waals surface area contributed by atoms with Crippen molar-refractivity contribution in [2.45, 2.75) is 31.1 Å². The van der Waals surface area contributed by atoms with Crippen molar-refractivity contribution in [2.75, 3.05) is 23.8 Å². The van der Waals surface area contributed by atoms with E-state index in [4.69, 9.17) is 5.73 Å². The third kappa shape index (κ3) is 5.13. The fraction of sp³-hybridized carbons (Fsp3) is 0.900. The number of nitrogens with two attached hydrogens (primary N) is 1. The van der Waals surface area contributed by atoms with Crippen molar-refractivity contribution in [3.8, 4) is 0 Å². The van der Waals surface area contributed by atoms with Crippen LogP contribution in [0.4, 0.5) is 0 Å². The van der Waals surface area contributed by atoms with Gasteiger partial charge < -0.3 is 11.1 Å². The average molecular weight is 248 g/mol. The fourth-order valence-corrected chi connectivity index (χ4v) is 4.05. The number of hydrogen-bond donors (Lipinski definition) is 2. The van der Waals surface area contributed by atoms with Crippen LogP contribution < -0.4 is 11.1 Å². The van der Waals surface area contributed by atoms with E-state index < -0.39 is 0 Å². The van der Waals surface area contributed by atoms with Crippen LogP contribution >= 0.6 is 23.5 Å². The number of hydrogen-bond acceptors (Lipinski definition) is 4. The maximum Gasteiger partial charge on any atom is 0.236 e. The monoisotopic (exact) mass is 248 g/mol. The highest BCUT2D eigenvalue weighted by Gasteiger charge is 2.17. The molecule has 88 valence electrons. The Bertz CT molecular complexity index is 196. The summed E-state index contributed by atoms with van der Waals surface area (Å²) >= 11 is 3.92. The molecule has 1 heterocycles. The fourth-order valence-electron chi connectivity index (χ4n) is 1.44. The zero-order valence-electron chi connectivity index (χ0n) is 9.20. The zero-order chi connectivity index (χ0) is 11.1. The lowest BCUT2D eigenvalue weighted by Crippen LogP contribution is -2.43. The summed E-state index contributed by atoms with van der Waals surface area (Å²) in [5.74, 6) is 3.60. The maximum atomic E-state index is 11.5. The molecule has 0 saturated carbocycles. The van der Waals surface area contributed by atoms with E-state index in [1.807, 2.05) is 30.4 Å². The zero-order valence-corrected chi connectivity index (χ0v) is 10.8. The molecule has 2 atom stereocenters. The molecule has 1 aliphatic rings. The summed E-state index contributed by atoms with van der Waals surface area (Å²) in [4.78, 5) is 11.5. The molecule has 3 nitrogen and oxygen atoms in total. The van der Waals surface area contributed by atoms with E-state index in [-0.39, 0.29) is 11.9 Å². The van der Waals surface area contributed by atoms with E-state index in [1.54, 1.807) is 0 Å². The van der Waals surface area contributed by atoms with Crippen LogP contribution in [0, 0.1) is 0 Å². The number of thioether (sulfide) groups is 2. The highest BCUT2D eigenvalue weighted by molar-refractivity contribution is 8.06. The highest BCUT2D eigenvalue weighted by atomic mass is 32.2. The Hall–Kier alpha value is 0.130. The maximum absolute atomic E-state index is 11.5. The van der Waals surface area contributed by atoms with Crippen LogP contribution in [0.2, 0.25) is 0 Å². The Labute approximate surface area is 100 Å². The van der Waals surface area contributed by atoms with Crippen molar-refractivity contribution in [1.29, 1.82) is 0 Å². The predicted octanol–water partition coefficient (Wildman–Crippen LogP) is 1.08. The molecule has 5 heteroatoms. The number of carbonyl (C=O) groups excluding carboxylic acids is 1. The van der Waals surface area contributed by atoms with Crippen LogP contribution in [0.5, 0.6) is 0 Å². The minimum absolute atomic E-state index is 0.00743. The van der Waals surface area contributed by atoms with Crippen LogP contribution in [-0.4, -0.2) is 41.0 Å². The molecule has 0 aromatic rings. The van der Waals surface area contributed by atoms with Crippen molar-refractivity contribution in [2.24, 2.45) is 5.73 Å². The Morgan fingerprint density at radius 1 is 1.60 bits per heavy atom. The molecular formula is C10H20N2OS2. The Kier molecular flexibility index (Phi) is 6.52. The lowest BCUT2D eigenvalue weighted by atomic mass is 10.2. The molecule has 0 spiro atoms. The third-order valence-electron chi connectivity index (χ3n) is 2.33. The van der Waals surface area contributed by atoms with E-state index in [9.17, 15) is 4.79 Å². The van der Waals surface area contributed by atoms with Crippen LogP contribution in [0.25, 0.3) is 0 Å². The van der Waals surface area contributed by atoms with Gasteiger partial charge in [-0.1, -0.05) is 13.3 Å². The average Bonchev–Trinajstić information content (AvgIpc) is 2.27. The number of rotatable bonds is 5. The van der Waals surface area contributed by atoms with Gasteiger partial charge in [0.1, 0.15) is 0 Å². The first-order valence-corrected chi connectivity index (χ1v) is 7.67. The second-order valence-corrected chi connectivity index (χ2v) is 6.27. The first-order valence-electron chi connectivity index (χ1n) is 5.46. The molecule has 1 aliphatic heterocycles. The summed E-state index contributed by atoms with van der Waals surface area (Å²) in [5, 5.41) is 3.51. The van der Waals surface area contributed by atoms with Crippen molar-refractivity contribution in [1.82, 2.24) is 5.32 Å². The van der Waals surface area contributed by atoms with Crippen molar-refractivity contribution < 1.29 is 4.79 Å². The first kappa shape index (κ1) is 13.2. The topological polar surface area (TPSA) is 55.1 Å². The molecule has 1 amide bonds. The molecule has 1 rings (SSSR count). The van der Waals surface area contributed by atoms with Gasteiger partial charge in [0.2, 0.25) is 5.91 Å². The molecule has 0 aromatic heterocycles. The number of nitrogens with one attached hydrogen (secondary N) is 1. The SMILES string of the molecule is CCCC(N)C(=O)NCC1CSCCS1. The first-order chi connectivity index (χ1) is 7.24. The minimum atomic E-state index is -0.323. The predicted molar refractivity (Wildman–Crippen MR) is 69.5 cm³/mol. The minimum Gasteiger partial charge on any atom is -0.354 e. The van der Waals surface area contributed by atoms with Gasteiger partial charge in [-0.3, -0.25) is 4.79 Å². The summed E-state index contributed by atoms with van der Waals surface area (Å²) < 4.78 is 0. The van der Waals surface area contributed by atoms with Crippen molar-refractivity contribution in [3.63, 3.8) is 0 Å². The van der Waals surface area contributed by atoms with Gasteiger partial charge in [0.05, 0.1) is 6.04 Å². The third-order valence-corrected chi connectivity index (χ3v) is 5.17. The molecule has 0 radical (unpaired) electrons. The second-order valence-electron chi connectivity index (χ2n) is 3.71. The highest BCUT2D eigenvalue weighted by Crippen LogP contribution is 2.23. The molecule has 0 aliphatic carbocycles. The lowest BCUT2D eigenvalue weighted by molar-refractivity contribution is -0.122. The molecular weight excluding hydrogens is 228 g/mol. The molecule has 0 aromatic carbocycles. The quantitative estimate of drug-likeness (QED) is 0.764. The van der Waals surface area contributed by atoms with Gasteiger partial charge in [0.15, 0.2) is 0 Å². The van der Waals surface area contributed by atoms with Gasteiger partial charge in [0.25, 0.3) is 0 Å². The smallest absolute Gasteiger partial charge is 0.236 e. The summed E-state index contributed by atoms with van der Waals surface area (Å²) in [7, 11) is 0. The number of amides is 1. The molecule has 0 bridgehead atoms. The van der Waals surface area contributed by atoms with Crippen LogP contribution in [0.15, 0.2) is 0 Å². The standard InChI is InChI=1S/C10H20N2OS2/c1-2-3-9(11)10(13)12-6-8-7-14-4-5-15-8/h8-9H,2-7,11H2,1H3,(H,12,13). The normalized spacial score (nSPS) is 23.5. The van der Waals surface area contributed by atoms with Gasteiger partial charge in [0, 0.05) is 29.1 Å². The largest absolute Gasteiger partial charge is 0.354 e. The summed E-state index contributed by atoms with van der Waals surface area (Å²) in [6.07, 6.45) is 1.74. The van der Waals surface area contributed by atoms with Crippen LogP contribution in [-0.2, 0) is 4.79 Å². The van der Waals surface area contributed by atoms with E-state index >= 15 is 0 Å². The molecule has 15 heavy (non-hydrogen) atoms. The molecule has 3 N–H and O–H groups in total. The molecule has 1 fully saturated rings. The lowest BCUT2D eigenvalue weighted by Gasteiger charge is -2.22. The van der Waals surface area contributed by atoms with Gasteiger partial charge >= 0.3 is 0 Å². The van der Waals surface area contributed by atoms with E-state index in [1.165, 1.54) is 11.5 Å².